The molecule has 0 fully saturated rings. The molecule has 0 unspecified atom stereocenters. The standard InChI is InChI=1S/C22H17F9/c1-12(2)15-10-14-4-3-5-17(18(14)11-15)13-6-8-16(9-7-13)19(20(23,24)25,21(26,27)28)22(29,30)31/h3-9,11-12H,10H2,1-2H3. The predicted molar refractivity (Wildman–Crippen MR) is 98.2 cm³/mol. The third-order valence-electron chi connectivity index (χ3n) is 5.57. The monoisotopic (exact) mass is 452 g/mol. The van der Waals surface area contributed by atoms with Gasteiger partial charge >= 0.3 is 18.5 Å². The Bertz CT molecular complexity index is 952. The van der Waals surface area contributed by atoms with Crippen molar-refractivity contribution < 1.29 is 39.5 Å². The van der Waals surface area contributed by atoms with E-state index in [0.717, 1.165) is 28.8 Å². The summed E-state index contributed by atoms with van der Waals surface area (Å²) in [4.78, 5) is 0. The first kappa shape index (κ1) is 23.2. The van der Waals surface area contributed by atoms with Gasteiger partial charge in [0.05, 0.1) is 0 Å². The summed E-state index contributed by atoms with van der Waals surface area (Å²) in [5, 5.41) is 0. The maximum Gasteiger partial charge on any atom is 0.416 e. The van der Waals surface area contributed by atoms with Crippen LogP contribution in [0.5, 0.6) is 0 Å². The molecule has 0 radical (unpaired) electrons. The van der Waals surface area contributed by atoms with Crippen LogP contribution in [0.15, 0.2) is 48.0 Å². The highest BCUT2D eigenvalue weighted by molar-refractivity contribution is 5.81. The molecule has 0 aromatic heterocycles. The Morgan fingerprint density at radius 1 is 0.710 bits per heavy atom. The number of rotatable bonds is 3. The summed E-state index contributed by atoms with van der Waals surface area (Å²) >= 11 is 0. The van der Waals surface area contributed by atoms with E-state index in [-0.39, 0.29) is 23.6 Å². The fourth-order valence-electron chi connectivity index (χ4n) is 3.89. The van der Waals surface area contributed by atoms with Gasteiger partial charge in [-0.2, -0.15) is 39.5 Å². The summed E-state index contributed by atoms with van der Waals surface area (Å²) < 4.78 is 120. The lowest BCUT2D eigenvalue weighted by Crippen LogP contribution is -2.63. The van der Waals surface area contributed by atoms with Crippen molar-refractivity contribution in [1.29, 1.82) is 0 Å². The molecule has 168 valence electrons. The molecule has 0 heterocycles. The summed E-state index contributed by atoms with van der Waals surface area (Å²) in [6, 6.07) is 7.40. The molecule has 1 aliphatic rings. The van der Waals surface area contributed by atoms with E-state index in [1.54, 1.807) is 12.1 Å². The molecule has 0 bridgehead atoms. The third-order valence-corrected chi connectivity index (χ3v) is 5.57. The van der Waals surface area contributed by atoms with Crippen LogP contribution in [-0.2, 0) is 11.8 Å². The SMILES string of the molecule is CC(C)C1=Cc2c(cccc2-c2ccc(C(C(F)(F)F)(C(F)(F)F)C(F)(F)F)cc2)C1. The van der Waals surface area contributed by atoms with Crippen LogP contribution >= 0.6 is 0 Å². The highest BCUT2D eigenvalue weighted by Gasteiger charge is 2.84. The number of fused-ring (bicyclic) bond motifs is 1. The van der Waals surface area contributed by atoms with Crippen LogP contribution in [0.3, 0.4) is 0 Å². The second kappa shape index (κ2) is 7.31. The predicted octanol–water partition coefficient (Wildman–Crippen LogP) is 7.87. The minimum atomic E-state index is -6.63. The molecule has 0 amide bonds. The quantitative estimate of drug-likeness (QED) is 0.416. The molecule has 3 rings (SSSR count). The number of hydrogen-bond donors (Lipinski definition) is 0. The van der Waals surface area contributed by atoms with Gasteiger partial charge in [-0.15, -0.1) is 0 Å². The van der Waals surface area contributed by atoms with Crippen molar-refractivity contribution in [3.05, 3.63) is 64.7 Å². The molecule has 0 aliphatic heterocycles. The van der Waals surface area contributed by atoms with Crippen LogP contribution in [0, 0.1) is 5.92 Å². The highest BCUT2D eigenvalue weighted by atomic mass is 19.4. The largest absolute Gasteiger partial charge is 0.416 e. The van der Waals surface area contributed by atoms with Gasteiger partial charge in [0.1, 0.15) is 0 Å². The van der Waals surface area contributed by atoms with Gasteiger partial charge in [0.2, 0.25) is 0 Å². The zero-order chi connectivity index (χ0) is 23.4. The van der Waals surface area contributed by atoms with Gasteiger partial charge in [-0.25, -0.2) is 0 Å². The summed E-state index contributed by atoms with van der Waals surface area (Å²) in [5.74, 6) is 0.230. The van der Waals surface area contributed by atoms with Crippen molar-refractivity contribution in [2.45, 2.75) is 44.2 Å². The highest BCUT2D eigenvalue weighted by Crippen LogP contribution is 2.60. The Morgan fingerprint density at radius 2 is 1.23 bits per heavy atom. The maximum absolute atomic E-state index is 13.3. The molecule has 2 aromatic carbocycles. The van der Waals surface area contributed by atoms with Gasteiger partial charge in [0.25, 0.3) is 5.41 Å². The molecular weight excluding hydrogens is 435 g/mol. The van der Waals surface area contributed by atoms with E-state index in [1.165, 1.54) is 0 Å². The number of allylic oxidation sites excluding steroid dienone is 1. The molecule has 0 spiro atoms. The first-order valence-corrected chi connectivity index (χ1v) is 9.24. The second-order valence-corrected chi connectivity index (χ2v) is 7.75. The van der Waals surface area contributed by atoms with Gasteiger partial charge in [-0.3, -0.25) is 0 Å². The summed E-state index contributed by atoms with van der Waals surface area (Å²) in [5.41, 5.74) is -4.36. The molecule has 0 saturated heterocycles. The normalized spacial score (nSPS) is 15.3. The van der Waals surface area contributed by atoms with Crippen LogP contribution in [0.25, 0.3) is 17.2 Å². The van der Waals surface area contributed by atoms with E-state index in [2.05, 4.69) is 0 Å². The van der Waals surface area contributed by atoms with E-state index in [0.29, 0.717) is 12.0 Å². The van der Waals surface area contributed by atoms with E-state index in [1.807, 2.05) is 26.0 Å². The lowest BCUT2D eigenvalue weighted by Gasteiger charge is -2.38. The number of benzene rings is 2. The van der Waals surface area contributed by atoms with Crippen molar-refractivity contribution >= 4 is 6.08 Å². The topological polar surface area (TPSA) is 0 Å². The first-order valence-electron chi connectivity index (χ1n) is 9.24. The third kappa shape index (κ3) is 3.61. The second-order valence-electron chi connectivity index (χ2n) is 7.75. The van der Waals surface area contributed by atoms with Crippen LogP contribution < -0.4 is 0 Å². The molecule has 0 atom stereocenters. The molecule has 0 N–H and O–H groups in total. The van der Waals surface area contributed by atoms with E-state index in [9.17, 15) is 39.5 Å². The van der Waals surface area contributed by atoms with Crippen molar-refractivity contribution in [2.75, 3.05) is 0 Å². The molecule has 31 heavy (non-hydrogen) atoms. The van der Waals surface area contributed by atoms with Crippen LogP contribution in [0.4, 0.5) is 39.5 Å². The Kier molecular flexibility index (Phi) is 5.47. The zero-order valence-corrected chi connectivity index (χ0v) is 16.3. The van der Waals surface area contributed by atoms with Crippen LogP contribution in [0.2, 0.25) is 0 Å². The Balaban J connectivity index is 2.16. The average molecular weight is 452 g/mol. The van der Waals surface area contributed by atoms with Gasteiger partial charge in [-0.1, -0.05) is 68.0 Å². The number of hydrogen-bond acceptors (Lipinski definition) is 0. The molecule has 0 nitrogen and oxygen atoms in total. The first-order chi connectivity index (χ1) is 14.1. The zero-order valence-electron chi connectivity index (χ0n) is 16.3. The maximum atomic E-state index is 13.3. The van der Waals surface area contributed by atoms with Gasteiger partial charge < -0.3 is 0 Å². The smallest absolute Gasteiger partial charge is 0.169 e. The summed E-state index contributed by atoms with van der Waals surface area (Å²) in [6.45, 7) is 3.97. The molecule has 0 saturated carbocycles. The molecule has 1 aliphatic carbocycles. The van der Waals surface area contributed by atoms with E-state index >= 15 is 0 Å². The van der Waals surface area contributed by atoms with Crippen molar-refractivity contribution in [3.63, 3.8) is 0 Å². The minimum Gasteiger partial charge on any atom is -0.169 e. The Hall–Kier alpha value is -2.45. The lowest BCUT2D eigenvalue weighted by atomic mass is 9.77. The average Bonchev–Trinajstić information content (AvgIpc) is 3.03. The van der Waals surface area contributed by atoms with E-state index in [4.69, 9.17) is 0 Å². The lowest BCUT2D eigenvalue weighted by molar-refractivity contribution is -0.387. The van der Waals surface area contributed by atoms with Crippen molar-refractivity contribution in [1.82, 2.24) is 0 Å². The van der Waals surface area contributed by atoms with Crippen LogP contribution in [-0.4, -0.2) is 18.5 Å². The van der Waals surface area contributed by atoms with Crippen LogP contribution in [0.1, 0.15) is 30.5 Å². The fraction of sp³-hybridized carbons (Fsp3) is 0.364. The number of halogens is 9. The molecule has 9 heteroatoms. The Morgan fingerprint density at radius 3 is 1.68 bits per heavy atom. The Labute approximate surface area is 172 Å². The molecular formula is C22H17F9. The van der Waals surface area contributed by atoms with Gasteiger partial charge in [0.15, 0.2) is 0 Å². The molecule has 2 aromatic rings. The fourth-order valence-corrected chi connectivity index (χ4v) is 3.89. The van der Waals surface area contributed by atoms with Crippen molar-refractivity contribution in [2.24, 2.45) is 5.92 Å². The summed E-state index contributed by atoms with van der Waals surface area (Å²) in [7, 11) is 0. The van der Waals surface area contributed by atoms with Crippen molar-refractivity contribution in [3.8, 4) is 11.1 Å². The van der Waals surface area contributed by atoms with Gasteiger partial charge in [-0.05, 0) is 40.2 Å². The van der Waals surface area contributed by atoms with E-state index < -0.39 is 29.5 Å². The minimum absolute atomic E-state index is 0.224. The summed E-state index contributed by atoms with van der Waals surface area (Å²) in [6.07, 6.45) is -17.3. The van der Waals surface area contributed by atoms with Gasteiger partial charge in [0, 0.05) is 0 Å². The number of alkyl halides is 9.